The van der Waals surface area contributed by atoms with E-state index in [9.17, 15) is 4.79 Å². The summed E-state index contributed by atoms with van der Waals surface area (Å²) in [5.41, 5.74) is -1.28. The highest BCUT2D eigenvalue weighted by Crippen LogP contribution is 2.18. The molecule has 0 saturated carbocycles. The molecule has 0 heterocycles. The molecule has 0 saturated heterocycles. The molecule has 0 aliphatic carbocycles. The van der Waals surface area contributed by atoms with Gasteiger partial charge in [-0.05, 0) is 63.5 Å². The number of rotatable bonds is 12. The molecule has 0 aromatic carbocycles. The maximum absolute atomic E-state index is 11.2. The number of carbonyl (C=O) groups excluding carboxylic acids is 1. The van der Waals surface area contributed by atoms with Crippen molar-refractivity contribution in [1.82, 2.24) is 0 Å². The van der Waals surface area contributed by atoms with Crippen LogP contribution in [0.15, 0.2) is 25.3 Å². The fraction of sp³-hybridized carbons (Fsp3) is 0.667. The highest BCUT2D eigenvalue weighted by atomic mass is 17.6. The third-order valence-electron chi connectivity index (χ3n) is 2.62. The predicted molar refractivity (Wildman–Crippen MR) is 78.9 cm³/mol. The van der Waals surface area contributed by atoms with Crippen molar-refractivity contribution < 1.29 is 34.4 Å². The van der Waals surface area contributed by atoms with Crippen LogP contribution in [0.5, 0.6) is 0 Å². The summed E-state index contributed by atoms with van der Waals surface area (Å²) in [6.45, 7) is 14.3. The maximum Gasteiger partial charge on any atom is 0.577 e. The van der Waals surface area contributed by atoms with Crippen molar-refractivity contribution in [3.05, 3.63) is 25.3 Å². The van der Waals surface area contributed by atoms with Crippen molar-refractivity contribution in [2.75, 3.05) is 0 Å². The molecule has 0 aromatic rings. The first kappa shape index (κ1) is 20.6. The smallest absolute Gasteiger partial charge is 0.226 e. The normalized spacial score (nSPS) is 11.8. The Hall–Kier alpha value is -1.41. The van der Waals surface area contributed by atoms with E-state index in [0.29, 0.717) is 12.8 Å². The second kappa shape index (κ2) is 10.3. The van der Waals surface area contributed by atoms with Crippen LogP contribution in [0.3, 0.4) is 0 Å². The SMILES string of the molecule is C=CCCC(C)(C)OOOC(=O)OOOC(C)(C)CCC=C. The molecule has 0 N–H and O–H groups in total. The predicted octanol–water partition coefficient (Wildman–Crippen LogP) is 4.36. The van der Waals surface area contributed by atoms with Crippen LogP contribution in [0.1, 0.15) is 53.4 Å². The van der Waals surface area contributed by atoms with Gasteiger partial charge < -0.3 is 0 Å². The Morgan fingerprint density at radius 1 is 0.864 bits per heavy atom. The van der Waals surface area contributed by atoms with Gasteiger partial charge in [-0.15, -0.1) is 13.2 Å². The summed E-state index contributed by atoms with van der Waals surface area (Å²) in [5.74, 6) is 0. The molecule has 0 aromatic heterocycles. The second-order valence-electron chi connectivity index (χ2n) is 5.89. The quantitative estimate of drug-likeness (QED) is 0.301. The van der Waals surface area contributed by atoms with E-state index >= 15 is 0 Å². The Morgan fingerprint density at radius 2 is 1.23 bits per heavy atom. The molecular formula is C15H26O7. The molecule has 0 atom stereocenters. The minimum absolute atomic E-state index is 0.640. The van der Waals surface area contributed by atoms with Crippen molar-refractivity contribution in [2.45, 2.75) is 64.6 Å². The molecule has 0 radical (unpaired) electrons. The fourth-order valence-electron chi connectivity index (χ4n) is 1.27. The van der Waals surface area contributed by atoms with E-state index in [1.165, 1.54) is 0 Å². The summed E-state index contributed by atoms with van der Waals surface area (Å²) in [6.07, 6.45) is 5.01. The van der Waals surface area contributed by atoms with Gasteiger partial charge in [0.05, 0.1) is 0 Å². The number of allylic oxidation sites excluding steroid dienone is 2. The lowest BCUT2D eigenvalue weighted by Crippen LogP contribution is -2.26. The lowest BCUT2D eigenvalue weighted by Gasteiger charge is -2.21. The van der Waals surface area contributed by atoms with E-state index in [1.54, 1.807) is 39.8 Å². The van der Waals surface area contributed by atoms with Gasteiger partial charge in [0.2, 0.25) is 0 Å². The van der Waals surface area contributed by atoms with Crippen molar-refractivity contribution >= 4 is 6.16 Å². The summed E-state index contributed by atoms with van der Waals surface area (Å²) < 4.78 is 0. The average molecular weight is 318 g/mol. The van der Waals surface area contributed by atoms with Crippen LogP contribution in [0.25, 0.3) is 0 Å². The summed E-state index contributed by atoms with van der Waals surface area (Å²) >= 11 is 0. The molecule has 0 aliphatic heterocycles. The average Bonchev–Trinajstić information content (AvgIpc) is 2.42. The Balaban J connectivity index is 3.82. The highest BCUT2D eigenvalue weighted by Gasteiger charge is 2.23. The van der Waals surface area contributed by atoms with Gasteiger partial charge in [-0.1, -0.05) is 12.2 Å². The van der Waals surface area contributed by atoms with Crippen molar-refractivity contribution in [1.29, 1.82) is 0 Å². The Bertz CT molecular complexity index is 318. The van der Waals surface area contributed by atoms with Crippen molar-refractivity contribution in [3.8, 4) is 0 Å². The zero-order chi connectivity index (χ0) is 17.1. The topological polar surface area (TPSA) is 72.5 Å². The van der Waals surface area contributed by atoms with Gasteiger partial charge in [0.15, 0.2) is 0 Å². The van der Waals surface area contributed by atoms with Crippen molar-refractivity contribution in [3.63, 3.8) is 0 Å². The molecule has 0 fully saturated rings. The van der Waals surface area contributed by atoms with Crippen LogP contribution in [-0.4, -0.2) is 17.4 Å². The standard InChI is InChI=1S/C15H26O7/c1-7-9-11-14(3,4)19-21-17-13(16)18-22-20-15(5,6)12-10-8-2/h7-8H,1-2,9-12H2,3-6H3. The molecule has 0 rings (SSSR count). The molecule has 0 unspecified atom stereocenters. The van der Waals surface area contributed by atoms with Gasteiger partial charge in [-0.2, -0.15) is 14.6 Å². The van der Waals surface area contributed by atoms with Crippen LogP contribution in [-0.2, 0) is 29.6 Å². The first-order valence-electron chi connectivity index (χ1n) is 7.03. The zero-order valence-electron chi connectivity index (χ0n) is 13.8. The lowest BCUT2D eigenvalue weighted by molar-refractivity contribution is -0.554. The zero-order valence-corrected chi connectivity index (χ0v) is 13.8. The van der Waals surface area contributed by atoms with E-state index < -0.39 is 17.4 Å². The molecule has 7 heteroatoms. The van der Waals surface area contributed by atoms with Gasteiger partial charge in [0.25, 0.3) is 0 Å². The van der Waals surface area contributed by atoms with Crippen LogP contribution >= 0.6 is 0 Å². The highest BCUT2D eigenvalue weighted by molar-refractivity contribution is 5.57. The van der Waals surface area contributed by atoms with E-state index in [1.807, 2.05) is 0 Å². The molecule has 22 heavy (non-hydrogen) atoms. The Morgan fingerprint density at radius 3 is 1.55 bits per heavy atom. The minimum atomic E-state index is -1.25. The first-order chi connectivity index (χ1) is 10.2. The van der Waals surface area contributed by atoms with Gasteiger partial charge in [0, 0.05) is 0 Å². The largest absolute Gasteiger partial charge is 0.577 e. The summed E-state index contributed by atoms with van der Waals surface area (Å²) in [4.78, 5) is 29.5. The van der Waals surface area contributed by atoms with Crippen LogP contribution in [0, 0.1) is 0 Å². The molecule has 0 spiro atoms. The number of hydrogen-bond acceptors (Lipinski definition) is 7. The monoisotopic (exact) mass is 318 g/mol. The lowest BCUT2D eigenvalue weighted by atomic mass is 10.0. The van der Waals surface area contributed by atoms with Gasteiger partial charge in [-0.3, -0.25) is 0 Å². The molecule has 0 aliphatic rings. The molecule has 128 valence electrons. The van der Waals surface area contributed by atoms with Crippen LogP contribution in [0.2, 0.25) is 0 Å². The Kier molecular flexibility index (Phi) is 9.68. The van der Waals surface area contributed by atoms with E-state index in [4.69, 9.17) is 9.78 Å². The van der Waals surface area contributed by atoms with Crippen LogP contribution < -0.4 is 0 Å². The molecule has 7 nitrogen and oxygen atoms in total. The van der Waals surface area contributed by atoms with E-state index in [0.717, 1.165) is 12.8 Å². The Labute approximate surface area is 131 Å². The van der Waals surface area contributed by atoms with Crippen LogP contribution in [0.4, 0.5) is 4.79 Å². The third-order valence-corrected chi connectivity index (χ3v) is 2.62. The fourth-order valence-corrected chi connectivity index (χ4v) is 1.27. The first-order valence-corrected chi connectivity index (χ1v) is 7.03. The second-order valence-corrected chi connectivity index (χ2v) is 5.89. The van der Waals surface area contributed by atoms with E-state index in [-0.39, 0.29) is 0 Å². The van der Waals surface area contributed by atoms with E-state index in [2.05, 4.69) is 33.0 Å². The van der Waals surface area contributed by atoms with Gasteiger partial charge in [-0.25, -0.2) is 9.78 Å². The minimum Gasteiger partial charge on any atom is -0.226 e. The molecular weight excluding hydrogens is 292 g/mol. The molecule has 0 amide bonds. The third kappa shape index (κ3) is 11.3. The summed E-state index contributed by atoms with van der Waals surface area (Å²) in [7, 11) is 0. The van der Waals surface area contributed by atoms with Gasteiger partial charge >= 0.3 is 6.16 Å². The van der Waals surface area contributed by atoms with Crippen molar-refractivity contribution in [2.24, 2.45) is 0 Å². The summed E-state index contributed by atoms with van der Waals surface area (Å²) in [6, 6.07) is 0. The molecule has 0 bridgehead atoms. The number of hydrogen-bond donors (Lipinski definition) is 0. The maximum atomic E-state index is 11.2. The summed E-state index contributed by atoms with van der Waals surface area (Å²) in [5, 5.41) is 8.69. The van der Waals surface area contributed by atoms with Gasteiger partial charge in [0.1, 0.15) is 11.2 Å². The number of carbonyl (C=O) groups is 1.